The number of hydrogen-bond donors (Lipinski definition) is 2. The summed E-state index contributed by atoms with van der Waals surface area (Å²) in [6, 6.07) is 23.8. The number of nitrogens with zero attached hydrogens (tertiary/aromatic N) is 3. The van der Waals surface area contributed by atoms with Crippen molar-refractivity contribution >= 4 is 39.7 Å². The van der Waals surface area contributed by atoms with Crippen LogP contribution in [0.25, 0.3) is 10.8 Å². The second-order valence-electron chi connectivity index (χ2n) is 8.76. The van der Waals surface area contributed by atoms with Crippen molar-refractivity contribution in [1.29, 1.82) is 0 Å². The molecule has 3 heterocycles. The molecular formula is C28H29N5O2S. The van der Waals surface area contributed by atoms with Crippen molar-refractivity contribution in [1.82, 2.24) is 19.8 Å². The molecule has 0 unspecified atom stereocenters. The molecule has 36 heavy (non-hydrogen) atoms. The summed E-state index contributed by atoms with van der Waals surface area (Å²) in [5, 5.41) is 9.29. The van der Waals surface area contributed by atoms with E-state index in [0.717, 1.165) is 34.4 Å². The smallest absolute Gasteiger partial charge is 0.226 e. The van der Waals surface area contributed by atoms with Gasteiger partial charge < -0.3 is 24.8 Å². The Kier molecular flexibility index (Phi) is 7.25. The number of ether oxygens (including phenoxy) is 1. The van der Waals surface area contributed by atoms with Crippen molar-refractivity contribution in [2.75, 3.05) is 25.6 Å². The number of methoxy groups -OCH3 is 1. The van der Waals surface area contributed by atoms with Crippen LogP contribution in [0.3, 0.4) is 0 Å². The Morgan fingerprint density at radius 2 is 1.89 bits per heavy atom. The van der Waals surface area contributed by atoms with E-state index in [9.17, 15) is 4.79 Å². The summed E-state index contributed by atoms with van der Waals surface area (Å²) in [7, 11) is 1.70. The Bertz CT molecular complexity index is 1350. The molecule has 1 amide bonds. The van der Waals surface area contributed by atoms with Gasteiger partial charge in [-0.2, -0.15) is 0 Å². The van der Waals surface area contributed by atoms with Gasteiger partial charge in [-0.1, -0.05) is 42.5 Å². The molecule has 7 nitrogen and oxygen atoms in total. The minimum atomic E-state index is -0.129. The molecule has 0 aliphatic carbocycles. The van der Waals surface area contributed by atoms with Gasteiger partial charge in [-0.25, -0.2) is 0 Å². The number of pyridine rings is 1. The molecule has 0 radical (unpaired) electrons. The summed E-state index contributed by atoms with van der Waals surface area (Å²) in [5.41, 5.74) is 2.83. The average Bonchev–Trinajstić information content (AvgIpc) is 3.50. The molecule has 0 saturated carbocycles. The van der Waals surface area contributed by atoms with Gasteiger partial charge in [0.2, 0.25) is 5.91 Å². The number of carbonyl (C=O) groups is 1. The highest BCUT2D eigenvalue weighted by Gasteiger charge is 2.41. The van der Waals surface area contributed by atoms with Crippen molar-refractivity contribution in [2.45, 2.75) is 25.0 Å². The van der Waals surface area contributed by atoms with Crippen molar-refractivity contribution in [2.24, 2.45) is 0 Å². The molecule has 0 bridgehead atoms. The van der Waals surface area contributed by atoms with E-state index in [1.165, 1.54) is 0 Å². The second kappa shape index (κ2) is 10.9. The van der Waals surface area contributed by atoms with Crippen LogP contribution < -0.4 is 10.6 Å². The highest BCUT2D eigenvalue weighted by molar-refractivity contribution is 7.80. The maximum absolute atomic E-state index is 13.0. The molecule has 0 spiro atoms. The fourth-order valence-corrected chi connectivity index (χ4v) is 5.16. The summed E-state index contributed by atoms with van der Waals surface area (Å²) in [4.78, 5) is 19.7. The third-order valence-electron chi connectivity index (χ3n) is 6.55. The molecule has 2 aromatic carbocycles. The second-order valence-corrected chi connectivity index (χ2v) is 9.15. The Morgan fingerprint density at radius 3 is 2.72 bits per heavy atom. The van der Waals surface area contributed by atoms with E-state index in [2.05, 4.69) is 37.3 Å². The first-order valence-corrected chi connectivity index (χ1v) is 12.5. The average molecular weight is 500 g/mol. The van der Waals surface area contributed by atoms with Gasteiger partial charge >= 0.3 is 0 Å². The van der Waals surface area contributed by atoms with Crippen LogP contribution in [0.1, 0.15) is 29.9 Å². The van der Waals surface area contributed by atoms with Gasteiger partial charge in [0.25, 0.3) is 0 Å². The number of rotatable bonds is 9. The number of anilines is 1. The fraction of sp³-hybridized carbons (Fsp3) is 0.250. The number of fused-ring (bicyclic) bond motifs is 1. The van der Waals surface area contributed by atoms with Gasteiger partial charge in [-0.05, 0) is 47.9 Å². The third-order valence-corrected chi connectivity index (χ3v) is 6.90. The fourth-order valence-electron chi connectivity index (χ4n) is 4.83. The van der Waals surface area contributed by atoms with E-state index >= 15 is 0 Å². The molecule has 1 aliphatic heterocycles. The van der Waals surface area contributed by atoms with Crippen molar-refractivity contribution in [3.8, 4) is 0 Å². The number of nitrogens with one attached hydrogen (secondary N) is 2. The minimum absolute atomic E-state index is 0.0519. The van der Waals surface area contributed by atoms with Crippen LogP contribution in [-0.4, -0.2) is 45.7 Å². The lowest BCUT2D eigenvalue weighted by atomic mass is 10.0. The minimum Gasteiger partial charge on any atom is -0.383 e. The molecule has 4 aromatic rings. The molecule has 2 aromatic heterocycles. The lowest BCUT2D eigenvalue weighted by molar-refractivity contribution is -0.116. The van der Waals surface area contributed by atoms with E-state index in [1.54, 1.807) is 13.3 Å². The van der Waals surface area contributed by atoms with Gasteiger partial charge in [0.15, 0.2) is 5.11 Å². The van der Waals surface area contributed by atoms with Crippen LogP contribution in [0.4, 0.5) is 5.69 Å². The maximum atomic E-state index is 13.0. The van der Waals surface area contributed by atoms with Crippen LogP contribution in [0.15, 0.2) is 85.2 Å². The predicted molar refractivity (Wildman–Crippen MR) is 146 cm³/mol. The Balaban J connectivity index is 1.37. The van der Waals surface area contributed by atoms with Gasteiger partial charge in [-0.3, -0.25) is 9.78 Å². The molecule has 184 valence electrons. The van der Waals surface area contributed by atoms with Crippen LogP contribution >= 0.6 is 12.2 Å². The number of thiocarbonyl (C=S) groups is 1. The molecule has 1 fully saturated rings. The monoisotopic (exact) mass is 499 g/mol. The highest BCUT2D eigenvalue weighted by atomic mass is 32.1. The third kappa shape index (κ3) is 4.96. The first-order chi connectivity index (χ1) is 17.7. The molecule has 5 rings (SSSR count). The van der Waals surface area contributed by atoms with E-state index < -0.39 is 0 Å². The molecule has 1 aliphatic rings. The quantitative estimate of drug-likeness (QED) is 0.326. The lowest BCUT2D eigenvalue weighted by Crippen LogP contribution is -2.33. The van der Waals surface area contributed by atoms with Crippen molar-refractivity contribution in [3.63, 3.8) is 0 Å². The standard InChI is InChI=1S/C28H29N5O2S/c1-35-19-18-32-16-7-13-24(32)27-26(23-11-4-5-15-29-23)31-28(36)33(27)17-14-25(34)30-22-12-6-9-20-8-2-3-10-21(20)22/h2-13,15-16,26-27H,14,17-19H2,1H3,(H,30,34)(H,31,36)/t26-,27+/m0/s1. The Hall–Kier alpha value is -3.75. The first-order valence-electron chi connectivity index (χ1n) is 12.1. The van der Waals surface area contributed by atoms with E-state index in [-0.39, 0.29) is 18.0 Å². The zero-order valence-corrected chi connectivity index (χ0v) is 20.9. The number of amides is 1. The molecular weight excluding hydrogens is 470 g/mol. The Labute approximate surface area is 216 Å². The normalized spacial score (nSPS) is 17.4. The SMILES string of the molecule is COCCn1cccc1[C@@H]1[C@H](c2ccccn2)NC(=S)N1CCC(=O)Nc1cccc2ccccc12. The van der Waals surface area contributed by atoms with Crippen LogP contribution in [0.2, 0.25) is 0 Å². The summed E-state index contributed by atoms with van der Waals surface area (Å²) < 4.78 is 7.50. The van der Waals surface area contributed by atoms with Gasteiger partial charge in [0, 0.05) is 55.8 Å². The van der Waals surface area contributed by atoms with E-state index in [4.69, 9.17) is 17.0 Å². The summed E-state index contributed by atoms with van der Waals surface area (Å²) >= 11 is 5.77. The van der Waals surface area contributed by atoms with Gasteiger partial charge in [0.1, 0.15) is 0 Å². The summed E-state index contributed by atoms with van der Waals surface area (Å²) in [5.74, 6) is -0.0519. The number of carbonyl (C=O) groups excluding carboxylic acids is 1. The van der Waals surface area contributed by atoms with Crippen molar-refractivity contribution in [3.05, 3.63) is 96.6 Å². The van der Waals surface area contributed by atoms with Gasteiger partial charge in [0.05, 0.1) is 24.4 Å². The molecule has 1 saturated heterocycles. The maximum Gasteiger partial charge on any atom is 0.226 e. The zero-order chi connectivity index (χ0) is 24.9. The first kappa shape index (κ1) is 24.0. The molecule has 2 N–H and O–H groups in total. The lowest BCUT2D eigenvalue weighted by Gasteiger charge is -2.28. The topological polar surface area (TPSA) is 71.4 Å². The van der Waals surface area contributed by atoms with Crippen LogP contribution in [0.5, 0.6) is 0 Å². The molecule has 8 heteroatoms. The molecule has 2 atom stereocenters. The van der Waals surface area contributed by atoms with Crippen molar-refractivity contribution < 1.29 is 9.53 Å². The summed E-state index contributed by atoms with van der Waals surface area (Å²) in [6.07, 6.45) is 4.15. The Morgan fingerprint density at radius 1 is 1.06 bits per heavy atom. The number of hydrogen-bond acceptors (Lipinski definition) is 4. The summed E-state index contributed by atoms with van der Waals surface area (Å²) in [6.45, 7) is 1.81. The van der Waals surface area contributed by atoms with Crippen LogP contribution in [-0.2, 0) is 16.1 Å². The number of benzene rings is 2. The van der Waals surface area contributed by atoms with Crippen LogP contribution in [0, 0.1) is 0 Å². The predicted octanol–water partition coefficient (Wildman–Crippen LogP) is 4.68. The largest absolute Gasteiger partial charge is 0.383 e. The highest BCUT2D eigenvalue weighted by Crippen LogP contribution is 2.38. The van der Waals surface area contributed by atoms with Gasteiger partial charge in [-0.15, -0.1) is 0 Å². The number of aromatic nitrogens is 2. The van der Waals surface area contributed by atoms with E-state index in [1.807, 2.05) is 66.7 Å². The van der Waals surface area contributed by atoms with E-state index in [0.29, 0.717) is 24.7 Å². The zero-order valence-electron chi connectivity index (χ0n) is 20.1.